The molecule has 0 aliphatic rings. The van der Waals surface area contributed by atoms with Gasteiger partial charge < -0.3 is 10.4 Å². The third-order valence-electron chi connectivity index (χ3n) is 2.53. The molecule has 0 aromatic heterocycles. The van der Waals surface area contributed by atoms with E-state index >= 15 is 0 Å². The zero-order chi connectivity index (χ0) is 13.8. The van der Waals surface area contributed by atoms with Crippen molar-refractivity contribution in [2.24, 2.45) is 0 Å². The van der Waals surface area contributed by atoms with Crippen LogP contribution >= 0.6 is 0 Å². The highest BCUT2D eigenvalue weighted by atomic mass is 19.1. The quantitative estimate of drug-likeness (QED) is 0.894. The zero-order valence-electron chi connectivity index (χ0n) is 9.86. The van der Waals surface area contributed by atoms with Crippen molar-refractivity contribution in [2.45, 2.75) is 6.42 Å². The molecular formula is C14H11F2NO2. The summed E-state index contributed by atoms with van der Waals surface area (Å²) in [5, 5.41) is 11.7. The summed E-state index contributed by atoms with van der Waals surface area (Å²) in [6.45, 7) is 0. The van der Waals surface area contributed by atoms with E-state index in [1.54, 1.807) is 12.1 Å². The standard InChI is InChI=1S/C14H11F2NO2/c15-12-5-2-6-13(16)11(12)8-14(19)17-9-3-1-4-10(18)7-9/h1-7,18H,8H2,(H,17,19). The van der Waals surface area contributed by atoms with Gasteiger partial charge in [-0.15, -0.1) is 0 Å². The molecule has 1 amide bonds. The maximum Gasteiger partial charge on any atom is 0.229 e. The van der Waals surface area contributed by atoms with E-state index in [-0.39, 0.29) is 11.3 Å². The van der Waals surface area contributed by atoms with Gasteiger partial charge in [-0.25, -0.2) is 8.78 Å². The van der Waals surface area contributed by atoms with Gasteiger partial charge in [0.15, 0.2) is 0 Å². The number of nitrogens with one attached hydrogen (secondary N) is 1. The van der Waals surface area contributed by atoms with Crippen molar-refractivity contribution < 1.29 is 18.7 Å². The SMILES string of the molecule is O=C(Cc1c(F)cccc1F)Nc1cccc(O)c1. The van der Waals surface area contributed by atoms with Gasteiger partial charge in [0.1, 0.15) is 17.4 Å². The fraction of sp³-hybridized carbons (Fsp3) is 0.0714. The predicted molar refractivity (Wildman–Crippen MR) is 66.8 cm³/mol. The summed E-state index contributed by atoms with van der Waals surface area (Å²) in [4.78, 5) is 11.7. The number of aromatic hydroxyl groups is 1. The van der Waals surface area contributed by atoms with Gasteiger partial charge in [0.2, 0.25) is 5.91 Å². The van der Waals surface area contributed by atoms with E-state index in [2.05, 4.69) is 5.32 Å². The summed E-state index contributed by atoms with van der Waals surface area (Å²) >= 11 is 0. The summed E-state index contributed by atoms with van der Waals surface area (Å²) < 4.78 is 26.7. The number of phenols is 1. The largest absolute Gasteiger partial charge is 0.508 e. The maximum atomic E-state index is 13.4. The highest BCUT2D eigenvalue weighted by molar-refractivity contribution is 5.92. The second kappa shape index (κ2) is 5.48. The third-order valence-corrected chi connectivity index (χ3v) is 2.53. The van der Waals surface area contributed by atoms with Crippen LogP contribution < -0.4 is 5.32 Å². The number of hydrogen-bond donors (Lipinski definition) is 2. The lowest BCUT2D eigenvalue weighted by atomic mass is 10.1. The Labute approximate surface area is 108 Å². The van der Waals surface area contributed by atoms with E-state index in [9.17, 15) is 18.7 Å². The number of phenolic OH excluding ortho intramolecular Hbond substituents is 1. The fourth-order valence-corrected chi connectivity index (χ4v) is 1.65. The molecule has 0 atom stereocenters. The Hall–Kier alpha value is -2.43. The first-order valence-corrected chi connectivity index (χ1v) is 5.58. The van der Waals surface area contributed by atoms with Crippen molar-refractivity contribution in [2.75, 3.05) is 5.32 Å². The molecule has 98 valence electrons. The summed E-state index contributed by atoms with van der Waals surface area (Å²) in [5.41, 5.74) is 0.0851. The van der Waals surface area contributed by atoms with E-state index in [0.717, 1.165) is 12.1 Å². The highest BCUT2D eigenvalue weighted by Crippen LogP contribution is 2.17. The average molecular weight is 263 g/mol. The predicted octanol–water partition coefficient (Wildman–Crippen LogP) is 2.85. The zero-order valence-corrected chi connectivity index (χ0v) is 9.86. The Bertz CT molecular complexity index is 594. The van der Waals surface area contributed by atoms with E-state index < -0.39 is 24.0 Å². The number of amides is 1. The van der Waals surface area contributed by atoms with Crippen LogP contribution in [0.1, 0.15) is 5.56 Å². The minimum Gasteiger partial charge on any atom is -0.508 e. The molecular weight excluding hydrogens is 252 g/mol. The molecule has 0 unspecified atom stereocenters. The third kappa shape index (κ3) is 3.28. The minimum absolute atomic E-state index is 0.00475. The van der Waals surface area contributed by atoms with Crippen LogP contribution in [0.25, 0.3) is 0 Å². The molecule has 2 aromatic carbocycles. The molecule has 0 spiro atoms. The van der Waals surface area contributed by atoms with Crippen LogP contribution in [0.4, 0.5) is 14.5 Å². The number of halogens is 2. The van der Waals surface area contributed by atoms with Crippen molar-refractivity contribution in [1.82, 2.24) is 0 Å². The van der Waals surface area contributed by atoms with Crippen molar-refractivity contribution in [1.29, 1.82) is 0 Å². The lowest BCUT2D eigenvalue weighted by molar-refractivity contribution is -0.115. The first-order valence-electron chi connectivity index (χ1n) is 5.58. The summed E-state index contributed by atoms with van der Waals surface area (Å²) in [6.07, 6.45) is -0.409. The molecule has 3 nitrogen and oxygen atoms in total. The molecule has 2 aromatic rings. The van der Waals surface area contributed by atoms with Crippen LogP contribution in [-0.4, -0.2) is 11.0 Å². The van der Waals surface area contributed by atoms with E-state index in [0.29, 0.717) is 5.69 Å². The van der Waals surface area contributed by atoms with Crippen LogP contribution in [0.3, 0.4) is 0 Å². The smallest absolute Gasteiger partial charge is 0.229 e. The molecule has 0 saturated carbocycles. The molecule has 5 heteroatoms. The highest BCUT2D eigenvalue weighted by Gasteiger charge is 2.13. The fourth-order valence-electron chi connectivity index (χ4n) is 1.65. The Morgan fingerprint density at radius 1 is 1.11 bits per heavy atom. The Kier molecular flexibility index (Phi) is 3.75. The van der Waals surface area contributed by atoms with Gasteiger partial charge in [-0.2, -0.15) is 0 Å². The topological polar surface area (TPSA) is 49.3 Å². The second-order valence-corrected chi connectivity index (χ2v) is 3.98. The van der Waals surface area contributed by atoms with Gasteiger partial charge in [-0.1, -0.05) is 12.1 Å². The van der Waals surface area contributed by atoms with Crippen molar-refractivity contribution in [3.05, 3.63) is 59.7 Å². The van der Waals surface area contributed by atoms with Crippen LogP contribution in [-0.2, 0) is 11.2 Å². The van der Waals surface area contributed by atoms with E-state index in [1.165, 1.54) is 18.2 Å². The van der Waals surface area contributed by atoms with Crippen molar-refractivity contribution in [3.8, 4) is 5.75 Å². The lowest BCUT2D eigenvalue weighted by Gasteiger charge is -2.07. The monoisotopic (exact) mass is 263 g/mol. The Morgan fingerprint density at radius 2 is 1.74 bits per heavy atom. The molecule has 0 aliphatic heterocycles. The molecule has 2 N–H and O–H groups in total. The van der Waals surface area contributed by atoms with Gasteiger partial charge in [0.05, 0.1) is 6.42 Å². The number of hydrogen-bond acceptors (Lipinski definition) is 2. The molecule has 0 saturated heterocycles. The summed E-state index contributed by atoms with van der Waals surface area (Å²) in [7, 11) is 0. The summed E-state index contributed by atoms with van der Waals surface area (Å²) in [5.74, 6) is -2.08. The maximum absolute atomic E-state index is 13.4. The van der Waals surface area contributed by atoms with Gasteiger partial charge in [-0.05, 0) is 24.3 Å². The number of benzene rings is 2. The number of rotatable bonds is 3. The van der Waals surface area contributed by atoms with E-state index in [1.807, 2.05) is 0 Å². The van der Waals surface area contributed by atoms with Gasteiger partial charge in [0.25, 0.3) is 0 Å². The molecule has 0 aliphatic carbocycles. The minimum atomic E-state index is -0.758. The molecule has 0 heterocycles. The first kappa shape index (κ1) is 13.0. The van der Waals surface area contributed by atoms with E-state index in [4.69, 9.17) is 0 Å². The summed E-state index contributed by atoms with van der Waals surface area (Å²) in [6, 6.07) is 9.34. The van der Waals surface area contributed by atoms with Crippen molar-refractivity contribution in [3.63, 3.8) is 0 Å². The van der Waals surface area contributed by atoms with Crippen molar-refractivity contribution >= 4 is 11.6 Å². The normalized spacial score (nSPS) is 10.2. The Morgan fingerprint density at radius 3 is 2.37 bits per heavy atom. The van der Waals surface area contributed by atoms with Crippen LogP contribution in [0, 0.1) is 11.6 Å². The second-order valence-electron chi connectivity index (χ2n) is 3.98. The van der Waals surface area contributed by atoms with Crippen LogP contribution in [0.2, 0.25) is 0 Å². The molecule has 0 radical (unpaired) electrons. The number of anilines is 1. The molecule has 0 fully saturated rings. The lowest BCUT2D eigenvalue weighted by Crippen LogP contribution is -2.16. The number of carbonyl (C=O) groups is 1. The molecule has 19 heavy (non-hydrogen) atoms. The van der Waals surface area contributed by atoms with Crippen LogP contribution in [0.5, 0.6) is 5.75 Å². The van der Waals surface area contributed by atoms with Gasteiger partial charge >= 0.3 is 0 Å². The van der Waals surface area contributed by atoms with Crippen LogP contribution in [0.15, 0.2) is 42.5 Å². The van der Waals surface area contributed by atoms with Gasteiger partial charge in [0, 0.05) is 17.3 Å². The Balaban J connectivity index is 2.10. The molecule has 2 rings (SSSR count). The first-order chi connectivity index (χ1) is 9.06. The van der Waals surface area contributed by atoms with Gasteiger partial charge in [-0.3, -0.25) is 4.79 Å². The number of carbonyl (C=O) groups excluding carboxylic acids is 1. The molecule has 0 bridgehead atoms. The average Bonchev–Trinajstić information content (AvgIpc) is 2.34.